The van der Waals surface area contributed by atoms with Gasteiger partial charge in [0.25, 0.3) is 0 Å². The number of pyridine rings is 1. The van der Waals surface area contributed by atoms with Crippen LogP contribution >= 0.6 is 0 Å². The Bertz CT molecular complexity index is 827. The second kappa shape index (κ2) is 13.6. The fraction of sp³-hybridized carbons (Fsp3) is 0.462. The van der Waals surface area contributed by atoms with Crippen molar-refractivity contribution in [2.45, 2.75) is 65.3 Å². The van der Waals surface area contributed by atoms with Gasteiger partial charge in [-0.2, -0.15) is 0 Å². The van der Waals surface area contributed by atoms with Gasteiger partial charge in [-0.25, -0.2) is 4.98 Å². The molecule has 0 saturated heterocycles. The SMILES string of the molecule is CC(C)C(C)NC(=O)C=CC=CCCCCCCCOc1ccc2ccccc2n1. The van der Waals surface area contributed by atoms with Gasteiger partial charge in [-0.1, -0.05) is 69.5 Å². The molecule has 4 heteroatoms. The van der Waals surface area contributed by atoms with Gasteiger partial charge >= 0.3 is 0 Å². The molecule has 1 atom stereocenters. The molecular formula is C26H36N2O2. The largest absolute Gasteiger partial charge is 0.478 e. The van der Waals surface area contributed by atoms with Gasteiger partial charge in [0.1, 0.15) is 0 Å². The number of benzene rings is 1. The molecule has 0 radical (unpaired) electrons. The second-order valence-electron chi connectivity index (χ2n) is 8.08. The van der Waals surface area contributed by atoms with E-state index in [1.807, 2.05) is 43.3 Å². The number of para-hydroxylation sites is 1. The lowest BCUT2D eigenvalue weighted by Crippen LogP contribution is -2.34. The average molecular weight is 409 g/mol. The van der Waals surface area contributed by atoms with Gasteiger partial charge in [0.2, 0.25) is 11.8 Å². The van der Waals surface area contributed by atoms with E-state index in [0.717, 1.165) is 23.7 Å². The molecule has 1 aromatic carbocycles. The molecule has 30 heavy (non-hydrogen) atoms. The summed E-state index contributed by atoms with van der Waals surface area (Å²) >= 11 is 0. The summed E-state index contributed by atoms with van der Waals surface area (Å²) in [7, 11) is 0. The van der Waals surface area contributed by atoms with E-state index in [4.69, 9.17) is 4.74 Å². The zero-order chi connectivity index (χ0) is 21.6. The van der Waals surface area contributed by atoms with Crippen molar-refractivity contribution in [2.24, 2.45) is 5.92 Å². The van der Waals surface area contributed by atoms with Crippen LogP contribution < -0.4 is 10.1 Å². The van der Waals surface area contributed by atoms with E-state index in [1.54, 1.807) is 6.08 Å². The van der Waals surface area contributed by atoms with Crippen molar-refractivity contribution in [3.63, 3.8) is 0 Å². The minimum Gasteiger partial charge on any atom is -0.478 e. The molecule has 0 bridgehead atoms. The fourth-order valence-corrected chi connectivity index (χ4v) is 2.96. The summed E-state index contributed by atoms with van der Waals surface area (Å²) in [6.07, 6.45) is 14.4. The lowest BCUT2D eigenvalue weighted by molar-refractivity contribution is -0.117. The van der Waals surface area contributed by atoms with Crippen LogP contribution in [0, 0.1) is 5.92 Å². The maximum absolute atomic E-state index is 11.7. The molecule has 162 valence electrons. The number of amides is 1. The van der Waals surface area contributed by atoms with Gasteiger partial charge < -0.3 is 10.1 Å². The lowest BCUT2D eigenvalue weighted by atomic mass is 10.1. The first kappa shape index (κ1) is 23.7. The molecule has 0 fully saturated rings. The summed E-state index contributed by atoms with van der Waals surface area (Å²) in [4.78, 5) is 16.3. The number of ether oxygens (including phenoxy) is 1. The maximum atomic E-state index is 11.7. The Labute approximate surface area is 181 Å². The molecular weight excluding hydrogens is 372 g/mol. The zero-order valence-electron chi connectivity index (χ0n) is 18.6. The van der Waals surface area contributed by atoms with Crippen LogP contribution in [0.4, 0.5) is 0 Å². The number of hydrogen-bond acceptors (Lipinski definition) is 3. The van der Waals surface area contributed by atoms with E-state index >= 15 is 0 Å². The number of carbonyl (C=O) groups excluding carboxylic acids is 1. The highest BCUT2D eigenvalue weighted by molar-refractivity contribution is 5.87. The Morgan fingerprint density at radius 1 is 1.00 bits per heavy atom. The maximum Gasteiger partial charge on any atom is 0.244 e. The molecule has 0 spiro atoms. The van der Waals surface area contributed by atoms with E-state index in [1.165, 1.54) is 25.7 Å². The van der Waals surface area contributed by atoms with Gasteiger partial charge in [0, 0.05) is 23.6 Å². The number of allylic oxidation sites excluding steroid dienone is 3. The third kappa shape index (κ3) is 9.25. The van der Waals surface area contributed by atoms with E-state index in [-0.39, 0.29) is 11.9 Å². The standard InChI is InChI=1S/C26H36N2O2/c1-21(2)22(3)27-25(29)17-11-9-7-5-4-6-8-10-14-20-30-26-19-18-23-15-12-13-16-24(23)28-26/h7,9,11-13,15-19,21-22H,4-6,8,10,14,20H2,1-3H3,(H,27,29). The molecule has 0 aliphatic carbocycles. The monoisotopic (exact) mass is 408 g/mol. The summed E-state index contributed by atoms with van der Waals surface area (Å²) in [5.41, 5.74) is 0.976. The third-order valence-electron chi connectivity index (χ3n) is 5.20. The van der Waals surface area contributed by atoms with Gasteiger partial charge in [-0.15, -0.1) is 0 Å². The van der Waals surface area contributed by atoms with Crippen molar-refractivity contribution in [1.29, 1.82) is 0 Å². The predicted molar refractivity (Wildman–Crippen MR) is 126 cm³/mol. The predicted octanol–water partition coefficient (Wildman–Crippen LogP) is 6.23. The molecule has 1 heterocycles. The van der Waals surface area contributed by atoms with Crippen LogP contribution in [0.15, 0.2) is 60.7 Å². The molecule has 2 rings (SSSR count). The molecule has 1 aromatic heterocycles. The second-order valence-corrected chi connectivity index (χ2v) is 8.08. The van der Waals surface area contributed by atoms with Crippen molar-refractivity contribution >= 4 is 16.8 Å². The molecule has 0 saturated carbocycles. The van der Waals surface area contributed by atoms with Crippen LogP contribution in [0.5, 0.6) is 5.88 Å². The highest BCUT2D eigenvalue weighted by Crippen LogP contribution is 2.16. The van der Waals surface area contributed by atoms with E-state index in [2.05, 4.69) is 42.4 Å². The number of rotatable bonds is 13. The van der Waals surface area contributed by atoms with Crippen molar-refractivity contribution in [2.75, 3.05) is 6.61 Å². The summed E-state index contributed by atoms with van der Waals surface area (Å²) in [5.74, 6) is 1.13. The Kier molecular flexibility index (Phi) is 10.7. The highest BCUT2D eigenvalue weighted by Gasteiger charge is 2.07. The quantitative estimate of drug-likeness (QED) is 0.243. The zero-order valence-corrected chi connectivity index (χ0v) is 18.6. The first-order chi connectivity index (χ1) is 14.6. The van der Waals surface area contributed by atoms with Gasteiger partial charge in [0.05, 0.1) is 12.1 Å². The summed E-state index contributed by atoms with van der Waals surface area (Å²) in [6, 6.07) is 12.3. The Morgan fingerprint density at radius 2 is 1.77 bits per heavy atom. The number of nitrogens with one attached hydrogen (secondary N) is 1. The number of aromatic nitrogens is 1. The van der Waals surface area contributed by atoms with Gasteiger partial charge in [-0.05, 0) is 44.2 Å². The Hall–Kier alpha value is -2.62. The minimum absolute atomic E-state index is 0.0260. The van der Waals surface area contributed by atoms with Crippen LogP contribution in [-0.4, -0.2) is 23.5 Å². The fourth-order valence-electron chi connectivity index (χ4n) is 2.96. The smallest absolute Gasteiger partial charge is 0.244 e. The third-order valence-corrected chi connectivity index (χ3v) is 5.20. The van der Waals surface area contributed by atoms with Crippen molar-refractivity contribution in [3.8, 4) is 5.88 Å². The normalized spacial score (nSPS) is 12.8. The van der Waals surface area contributed by atoms with Crippen LogP contribution in [0.1, 0.15) is 59.3 Å². The molecule has 1 unspecified atom stereocenters. The molecule has 2 aromatic rings. The number of hydrogen-bond donors (Lipinski definition) is 1. The molecule has 1 amide bonds. The molecule has 0 aliphatic rings. The van der Waals surface area contributed by atoms with Crippen molar-refractivity contribution in [1.82, 2.24) is 10.3 Å². The molecule has 1 N–H and O–H groups in total. The number of nitrogens with zero attached hydrogens (tertiary/aromatic N) is 1. The van der Waals surface area contributed by atoms with E-state index < -0.39 is 0 Å². The van der Waals surface area contributed by atoms with E-state index in [0.29, 0.717) is 18.4 Å². The Morgan fingerprint density at radius 3 is 2.60 bits per heavy atom. The van der Waals surface area contributed by atoms with Crippen LogP contribution in [0.2, 0.25) is 0 Å². The number of unbranched alkanes of at least 4 members (excludes halogenated alkanes) is 5. The van der Waals surface area contributed by atoms with Gasteiger partial charge in [-0.3, -0.25) is 4.79 Å². The van der Waals surface area contributed by atoms with Crippen LogP contribution in [-0.2, 0) is 4.79 Å². The first-order valence-corrected chi connectivity index (χ1v) is 11.2. The van der Waals surface area contributed by atoms with E-state index in [9.17, 15) is 4.79 Å². The van der Waals surface area contributed by atoms with Crippen LogP contribution in [0.3, 0.4) is 0 Å². The number of fused-ring (bicyclic) bond motifs is 1. The van der Waals surface area contributed by atoms with Crippen molar-refractivity contribution < 1.29 is 9.53 Å². The summed E-state index contributed by atoms with van der Waals surface area (Å²) < 4.78 is 5.78. The van der Waals surface area contributed by atoms with Crippen molar-refractivity contribution in [3.05, 3.63) is 60.7 Å². The minimum atomic E-state index is -0.0260. The lowest BCUT2D eigenvalue weighted by Gasteiger charge is -2.15. The van der Waals surface area contributed by atoms with Crippen LogP contribution in [0.25, 0.3) is 10.9 Å². The molecule has 0 aliphatic heterocycles. The summed E-state index contributed by atoms with van der Waals surface area (Å²) in [5, 5.41) is 4.10. The first-order valence-electron chi connectivity index (χ1n) is 11.2. The molecule has 4 nitrogen and oxygen atoms in total. The number of carbonyl (C=O) groups is 1. The van der Waals surface area contributed by atoms with Gasteiger partial charge in [0.15, 0.2) is 0 Å². The highest BCUT2D eigenvalue weighted by atomic mass is 16.5. The summed E-state index contributed by atoms with van der Waals surface area (Å²) in [6.45, 7) is 6.94. The Balaban J connectivity index is 1.47. The average Bonchev–Trinajstić information content (AvgIpc) is 2.74. The topological polar surface area (TPSA) is 51.2 Å².